The second kappa shape index (κ2) is 5.82. The van der Waals surface area contributed by atoms with Crippen LogP contribution >= 0.6 is 0 Å². The Hall–Kier alpha value is -1.36. The van der Waals surface area contributed by atoms with Gasteiger partial charge in [0.05, 0.1) is 18.5 Å². The molecule has 17 heavy (non-hydrogen) atoms. The van der Waals surface area contributed by atoms with Crippen molar-refractivity contribution >= 4 is 5.82 Å². The number of ether oxygens (including phenoxy) is 1. The fourth-order valence-electron chi connectivity index (χ4n) is 1.13. The third-order valence-corrected chi connectivity index (χ3v) is 2.27. The van der Waals surface area contributed by atoms with Crippen LogP contribution in [0.4, 0.5) is 5.82 Å². The number of anilines is 1. The summed E-state index contributed by atoms with van der Waals surface area (Å²) in [5.41, 5.74) is 5.70. The number of nitrogens with zero attached hydrogens (tertiary/aromatic N) is 2. The van der Waals surface area contributed by atoms with Gasteiger partial charge in [0.1, 0.15) is 5.82 Å². The fraction of sp³-hybridized carbons (Fsp3) is 0.667. The molecule has 0 aliphatic carbocycles. The molecule has 0 atom stereocenters. The predicted molar refractivity (Wildman–Crippen MR) is 69.1 cm³/mol. The number of hydrogen-bond donors (Lipinski definition) is 2. The molecule has 0 aliphatic rings. The lowest BCUT2D eigenvalue weighted by molar-refractivity contribution is 0.232. The Balaban J connectivity index is 2.60. The molecule has 96 valence electrons. The Morgan fingerprint density at radius 1 is 1.41 bits per heavy atom. The largest absolute Gasteiger partial charge is 0.474 e. The first-order chi connectivity index (χ1) is 7.93. The van der Waals surface area contributed by atoms with Crippen molar-refractivity contribution in [1.29, 1.82) is 0 Å². The molecule has 0 spiro atoms. The van der Waals surface area contributed by atoms with Crippen LogP contribution in [0.15, 0.2) is 12.4 Å². The zero-order valence-electron chi connectivity index (χ0n) is 11.0. The van der Waals surface area contributed by atoms with Crippen molar-refractivity contribution in [2.75, 3.05) is 18.4 Å². The van der Waals surface area contributed by atoms with Crippen LogP contribution in [0, 0.1) is 5.41 Å². The molecular formula is C12H22N4O. The summed E-state index contributed by atoms with van der Waals surface area (Å²) >= 11 is 0. The number of rotatable bonds is 6. The molecule has 0 saturated carbocycles. The SMILES string of the molecule is CC(C)Oc1cncc(NCC(C)(C)CN)n1. The van der Waals surface area contributed by atoms with Gasteiger partial charge in [-0.1, -0.05) is 13.8 Å². The smallest absolute Gasteiger partial charge is 0.234 e. The predicted octanol–water partition coefficient (Wildman–Crippen LogP) is 1.66. The molecule has 0 amide bonds. The van der Waals surface area contributed by atoms with Crippen LogP contribution in [-0.4, -0.2) is 29.2 Å². The zero-order valence-corrected chi connectivity index (χ0v) is 11.0. The summed E-state index contributed by atoms with van der Waals surface area (Å²) in [6.07, 6.45) is 3.39. The van der Waals surface area contributed by atoms with Gasteiger partial charge in [-0.2, -0.15) is 4.98 Å². The van der Waals surface area contributed by atoms with E-state index in [4.69, 9.17) is 10.5 Å². The zero-order chi connectivity index (χ0) is 12.9. The van der Waals surface area contributed by atoms with E-state index in [1.54, 1.807) is 12.4 Å². The number of nitrogens with one attached hydrogen (secondary N) is 1. The number of hydrogen-bond acceptors (Lipinski definition) is 5. The first-order valence-corrected chi connectivity index (χ1v) is 5.85. The third kappa shape index (κ3) is 4.99. The second-order valence-electron chi connectivity index (χ2n) is 5.13. The van der Waals surface area contributed by atoms with Crippen molar-refractivity contribution in [2.45, 2.75) is 33.8 Å². The normalized spacial score (nSPS) is 11.6. The van der Waals surface area contributed by atoms with E-state index in [1.807, 2.05) is 13.8 Å². The minimum absolute atomic E-state index is 0.0383. The Labute approximate surface area is 103 Å². The van der Waals surface area contributed by atoms with Gasteiger partial charge in [0.15, 0.2) is 0 Å². The highest BCUT2D eigenvalue weighted by atomic mass is 16.5. The molecule has 1 aromatic rings. The topological polar surface area (TPSA) is 73.1 Å². The lowest BCUT2D eigenvalue weighted by Gasteiger charge is -2.22. The summed E-state index contributed by atoms with van der Waals surface area (Å²) in [6, 6.07) is 0. The highest BCUT2D eigenvalue weighted by Crippen LogP contribution is 2.15. The molecule has 0 aromatic carbocycles. The van der Waals surface area contributed by atoms with Gasteiger partial charge in [-0.15, -0.1) is 0 Å². The van der Waals surface area contributed by atoms with Crippen LogP contribution in [0.5, 0.6) is 5.88 Å². The molecule has 0 saturated heterocycles. The summed E-state index contributed by atoms with van der Waals surface area (Å²) in [6.45, 7) is 9.49. The third-order valence-electron chi connectivity index (χ3n) is 2.27. The van der Waals surface area contributed by atoms with E-state index in [1.165, 1.54) is 0 Å². The van der Waals surface area contributed by atoms with Gasteiger partial charge in [0.2, 0.25) is 5.88 Å². The maximum atomic E-state index is 5.67. The molecule has 1 heterocycles. The average Bonchev–Trinajstić information content (AvgIpc) is 2.26. The van der Waals surface area contributed by atoms with Crippen molar-refractivity contribution in [3.05, 3.63) is 12.4 Å². The molecule has 1 aromatic heterocycles. The lowest BCUT2D eigenvalue weighted by Crippen LogP contribution is -2.31. The van der Waals surface area contributed by atoms with E-state index in [0.29, 0.717) is 18.2 Å². The highest BCUT2D eigenvalue weighted by Gasteiger charge is 2.15. The summed E-state index contributed by atoms with van der Waals surface area (Å²) in [4.78, 5) is 8.40. The van der Waals surface area contributed by atoms with Crippen LogP contribution in [0.25, 0.3) is 0 Å². The van der Waals surface area contributed by atoms with Gasteiger partial charge in [-0.3, -0.25) is 4.98 Å². The molecule has 3 N–H and O–H groups in total. The van der Waals surface area contributed by atoms with Crippen LogP contribution in [0.1, 0.15) is 27.7 Å². The Kier molecular flexibility index (Phi) is 4.69. The van der Waals surface area contributed by atoms with E-state index in [9.17, 15) is 0 Å². The van der Waals surface area contributed by atoms with Crippen LogP contribution < -0.4 is 15.8 Å². The Bertz CT molecular complexity index is 352. The standard InChI is InChI=1S/C12H22N4O/c1-9(2)17-11-6-14-5-10(16-11)15-8-12(3,4)7-13/h5-6,9H,7-8,13H2,1-4H3,(H,15,16). The van der Waals surface area contributed by atoms with E-state index >= 15 is 0 Å². The molecule has 0 aliphatic heterocycles. The summed E-state index contributed by atoms with van der Waals surface area (Å²) in [5, 5.41) is 3.22. The van der Waals surface area contributed by atoms with Crippen LogP contribution in [0.2, 0.25) is 0 Å². The molecule has 0 unspecified atom stereocenters. The maximum Gasteiger partial charge on any atom is 0.234 e. The average molecular weight is 238 g/mol. The van der Waals surface area contributed by atoms with Crippen molar-refractivity contribution in [1.82, 2.24) is 9.97 Å². The monoisotopic (exact) mass is 238 g/mol. The van der Waals surface area contributed by atoms with Gasteiger partial charge in [0.25, 0.3) is 0 Å². The van der Waals surface area contributed by atoms with Crippen LogP contribution in [0.3, 0.4) is 0 Å². The van der Waals surface area contributed by atoms with Crippen LogP contribution in [-0.2, 0) is 0 Å². The lowest BCUT2D eigenvalue weighted by atomic mass is 9.94. The van der Waals surface area contributed by atoms with Gasteiger partial charge >= 0.3 is 0 Å². The first kappa shape index (κ1) is 13.7. The van der Waals surface area contributed by atoms with Crippen molar-refractivity contribution < 1.29 is 4.74 Å². The van der Waals surface area contributed by atoms with Crippen molar-refractivity contribution in [2.24, 2.45) is 11.1 Å². The van der Waals surface area contributed by atoms with Gasteiger partial charge < -0.3 is 15.8 Å². The Morgan fingerprint density at radius 3 is 2.71 bits per heavy atom. The molecule has 5 nitrogen and oxygen atoms in total. The molecule has 0 radical (unpaired) electrons. The van der Waals surface area contributed by atoms with Gasteiger partial charge in [0, 0.05) is 6.54 Å². The molecular weight excluding hydrogens is 216 g/mol. The quantitative estimate of drug-likeness (QED) is 0.788. The fourth-order valence-corrected chi connectivity index (χ4v) is 1.13. The maximum absolute atomic E-state index is 5.67. The molecule has 1 rings (SSSR count). The van der Waals surface area contributed by atoms with E-state index in [0.717, 1.165) is 6.54 Å². The minimum atomic E-state index is 0.0383. The molecule has 0 fully saturated rings. The second-order valence-corrected chi connectivity index (χ2v) is 5.13. The number of aromatic nitrogens is 2. The van der Waals surface area contributed by atoms with E-state index in [-0.39, 0.29) is 11.5 Å². The summed E-state index contributed by atoms with van der Waals surface area (Å²) in [5.74, 6) is 1.25. The van der Waals surface area contributed by atoms with Gasteiger partial charge in [-0.25, -0.2) is 0 Å². The minimum Gasteiger partial charge on any atom is -0.474 e. The Morgan fingerprint density at radius 2 is 2.12 bits per heavy atom. The summed E-state index contributed by atoms with van der Waals surface area (Å²) < 4.78 is 5.47. The van der Waals surface area contributed by atoms with Crippen molar-refractivity contribution in [3.63, 3.8) is 0 Å². The van der Waals surface area contributed by atoms with Gasteiger partial charge in [-0.05, 0) is 25.8 Å². The summed E-state index contributed by atoms with van der Waals surface area (Å²) in [7, 11) is 0. The molecule has 0 bridgehead atoms. The van der Waals surface area contributed by atoms with Crippen molar-refractivity contribution in [3.8, 4) is 5.88 Å². The number of nitrogens with two attached hydrogens (primary N) is 1. The van der Waals surface area contributed by atoms with E-state index in [2.05, 4.69) is 29.1 Å². The van der Waals surface area contributed by atoms with E-state index < -0.39 is 0 Å². The molecule has 5 heteroatoms. The first-order valence-electron chi connectivity index (χ1n) is 5.85. The highest BCUT2D eigenvalue weighted by molar-refractivity contribution is 5.33.